The number of hydrogen-bond acceptors (Lipinski definition) is 6. The Hall–Kier alpha value is -1.89. The van der Waals surface area contributed by atoms with E-state index in [-0.39, 0.29) is 0 Å². The Morgan fingerprint density at radius 3 is 2.88 bits per heavy atom. The molecule has 1 saturated heterocycles. The fourth-order valence-electron chi connectivity index (χ4n) is 4.11. The van der Waals surface area contributed by atoms with Gasteiger partial charge in [-0.15, -0.1) is 5.10 Å². The predicted molar refractivity (Wildman–Crippen MR) is 95.0 cm³/mol. The maximum atomic E-state index is 5.76. The Bertz CT molecular complexity index is 783. The minimum atomic E-state index is 0.292. The van der Waals surface area contributed by atoms with Crippen molar-refractivity contribution >= 4 is 11.6 Å². The first-order valence-electron chi connectivity index (χ1n) is 9.57. The fourth-order valence-corrected chi connectivity index (χ4v) is 4.11. The van der Waals surface area contributed by atoms with Gasteiger partial charge in [-0.2, -0.15) is 9.50 Å². The molecule has 3 aliphatic rings. The zero-order valence-electron chi connectivity index (χ0n) is 14.9. The van der Waals surface area contributed by atoms with E-state index in [0.717, 1.165) is 48.8 Å². The molecule has 7 nitrogen and oxygen atoms in total. The van der Waals surface area contributed by atoms with Crippen molar-refractivity contribution in [2.45, 2.75) is 57.6 Å². The van der Waals surface area contributed by atoms with Gasteiger partial charge in [-0.1, -0.05) is 13.8 Å². The van der Waals surface area contributed by atoms with Crippen LogP contribution in [0.15, 0.2) is 6.07 Å². The molecule has 0 radical (unpaired) electrons. The van der Waals surface area contributed by atoms with Crippen molar-refractivity contribution in [3.63, 3.8) is 0 Å². The highest BCUT2D eigenvalue weighted by Crippen LogP contribution is 2.36. The zero-order valence-corrected chi connectivity index (χ0v) is 14.9. The van der Waals surface area contributed by atoms with Crippen LogP contribution < -0.4 is 15.4 Å². The Balaban J connectivity index is 1.41. The Morgan fingerprint density at radius 1 is 1.32 bits per heavy atom. The molecular formula is C18H26N6O. The summed E-state index contributed by atoms with van der Waals surface area (Å²) in [7, 11) is 0. The van der Waals surface area contributed by atoms with Crippen LogP contribution in [-0.4, -0.2) is 44.8 Å². The summed E-state index contributed by atoms with van der Waals surface area (Å²) < 4.78 is 7.57. The first-order valence-corrected chi connectivity index (χ1v) is 9.57. The minimum absolute atomic E-state index is 0.292. The molecule has 2 aromatic heterocycles. The second kappa shape index (κ2) is 5.83. The molecule has 2 N–H and O–H groups in total. The lowest BCUT2D eigenvalue weighted by Crippen LogP contribution is -2.33. The van der Waals surface area contributed by atoms with Gasteiger partial charge in [0.25, 0.3) is 5.78 Å². The summed E-state index contributed by atoms with van der Waals surface area (Å²) in [5, 5.41) is 11.7. The summed E-state index contributed by atoms with van der Waals surface area (Å²) in [4.78, 5) is 9.14. The average Bonchev–Trinajstić information content (AvgIpc) is 3.00. The number of fused-ring (bicyclic) bond motifs is 3. The summed E-state index contributed by atoms with van der Waals surface area (Å²) in [5.74, 6) is 3.50. The van der Waals surface area contributed by atoms with Crippen LogP contribution in [0.3, 0.4) is 0 Å². The highest BCUT2D eigenvalue weighted by Gasteiger charge is 2.39. The molecule has 0 amide bonds. The Kier molecular flexibility index (Phi) is 3.58. The number of anilines is 1. The normalized spacial score (nSPS) is 28.2. The molecule has 3 fully saturated rings. The molecule has 2 aromatic rings. The molecule has 1 aliphatic heterocycles. The molecule has 2 aliphatic carbocycles. The lowest BCUT2D eigenvalue weighted by molar-refractivity contribution is 0.279. The number of nitrogens with one attached hydrogen (secondary N) is 2. The summed E-state index contributed by atoms with van der Waals surface area (Å²) in [6, 6.07) is 3.28. The third-order valence-corrected chi connectivity index (χ3v) is 5.76. The van der Waals surface area contributed by atoms with Gasteiger partial charge in [0.1, 0.15) is 11.9 Å². The lowest BCUT2D eigenvalue weighted by Gasteiger charge is -2.23. The smallest absolute Gasteiger partial charge is 0.338 e. The van der Waals surface area contributed by atoms with E-state index in [2.05, 4.69) is 45.6 Å². The fraction of sp³-hybridized carbons (Fsp3) is 0.722. The van der Waals surface area contributed by atoms with Crippen molar-refractivity contribution in [1.29, 1.82) is 0 Å². The number of nitrogens with zero attached hydrogens (tertiary/aromatic N) is 4. The molecule has 134 valence electrons. The third kappa shape index (κ3) is 2.94. The summed E-state index contributed by atoms with van der Waals surface area (Å²) >= 11 is 0. The molecule has 2 bridgehead atoms. The molecule has 0 aromatic carbocycles. The predicted octanol–water partition coefficient (Wildman–Crippen LogP) is 2.20. The highest BCUT2D eigenvalue weighted by molar-refractivity contribution is 5.46. The van der Waals surface area contributed by atoms with Gasteiger partial charge in [-0.05, 0) is 50.0 Å². The number of piperidine rings is 1. The average molecular weight is 342 g/mol. The summed E-state index contributed by atoms with van der Waals surface area (Å²) in [6.45, 7) is 6.46. The summed E-state index contributed by atoms with van der Waals surface area (Å²) in [6.07, 6.45) is 5.10. The van der Waals surface area contributed by atoms with E-state index in [4.69, 9.17) is 4.74 Å². The van der Waals surface area contributed by atoms with Gasteiger partial charge in [-0.25, -0.2) is 4.98 Å². The van der Waals surface area contributed by atoms with Crippen LogP contribution in [0.25, 0.3) is 5.78 Å². The molecule has 2 unspecified atom stereocenters. The van der Waals surface area contributed by atoms with E-state index >= 15 is 0 Å². The standard InChI is InChI=1S/C18H26N6O/c1-10(2)15-7-16(20-9-12-6-13-5-11(12)8-19-13)24-17(21-15)22-18(23-24)25-14-3-4-14/h7,10-14,19-20H,3-6,8-9H2,1-2H3/t11?,12-,13?/m0/s1. The maximum absolute atomic E-state index is 5.76. The number of hydrogen-bond donors (Lipinski definition) is 2. The van der Waals surface area contributed by atoms with Gasteiger partial charge < -0.3 is 15.4 Å². The van der Waals surface area contributed by atoms with Crippen LogP contribution in [0, 0.1) is 11.8 Å². The van der Waals surface area contributed by atoms with Crippen LogP contribution >= 0.6 is 0 Å². The van der Waals surface area contributed by atoms with E-state index in [1.54, 1.807) is 4.52 Å². The van der Waals surface area contributed by atoms with Crippen molar-refractivity contribution in [2.24, 2.45) is 11.8 Å². The van der Waals surface area contributed by atoms with E-state index < -0.39 is 0 Å². The molecule has 3 heterocycles. The van der Waals surface area contributed by atoms with Crippen molar-refractivity contribution in [3.05, 3.63) is 11.8 Å². The molecule has 5 rings (SSSR count). The zero-order chi connectivity index (χ0) is 17.0. The van der Waals surface area contributed by atoms with Crippen molar-refractivity contribution in [3.8, 4) is 6.01 Å². The van der Waals surface area contributed by atoms with Gasteiger partial charge in [0.15, 0.2) is 0 Å². The molecule has 3 atom stereocenters. The van der Waals surface area contributed by atoms with Crippen LogP contribution in [0.5, 0.6) is 6.01 Å². The Labute approximate surface area is 147 Å². The first kappa shape index (κ1) is 15.4. The van der Waals surface area contributed by atoms with E-state index in [9.17, 15) is 0 Å². The lowest BCUT2D eigenvalue weighted by atomic mass is 9.95. The quantitative estimate of drug-likeness (QED) is 0.838. The van der Waals surface area contributed by atoms with Gasteiger partial charge in [0.05, 0.1) is 5.69 Å². The molecular weight excluding hydrogens is 316 g/mol. The van der Waals surface area contributed by atoms with Gasteiger partial charge in [0.2, 0.25) is 0 Å². The summed E-state index contributed by atoms with van der Waals surface area (Å²) in [5.41, 5.74) is 1.04. The minimum Gasteiger partial charge on any atom is -0.459 e. The van der Waals surface area contributed by atoms with E-state index in [1.807, 2.05) is 0 Å². The number of ether oxygens (including phenoxy) is 1. The highest BCUT2D eigenvalue weighted by atomic mass is 16.5. The maximum Gasteiger partial charge on any atom is 0.338 e. The first-order chi connectivity index (χ1) is 12.2. The second-order valence-corrected chi connectivity index (χ2v) is 8.12. The molecule has 2 saturated carbocycles. The second-order valence-electron chi connectivity index (χ2n) is 8.12. The monoisotopic (exact) mass is 342 g/mol. The topological polar surface area (TPSA) is 76.4 Å². The van der Waals surface area contributed by atoms with Crippen LogP contribution in [-0.2, 0) is 0 Å². The van der Waals surface area contributed by atoms with Crippen molar-refractivity contribution in [2.75, 3.05) is 18.4 Å². The van der Waals surface area contributed by atoms with Gasteiger partial charge in [0, 0.05) is 18.7 Å². The number of rotatable bonds is 6. The Morgan fingerprint density at radius 2 is 2.20 bits per heavy atom. The van der Waals surface area contributed by atoms with Gasteiger partial charge in [-0.3, -0.25) is 0 Å². The largest absolute Gasteiger partial charge is 0.459 e. The molecule has 25 heavy (non-hydrogen) atoms. The van der Waals surface area contributed by atoms with Crippen molar-refractivity contribution in [1.82, 2.24) is 24.9 Å². The van der Waals surface area contributed by atoms with Gasteiger partial charge >= 0.3 is 6.01 Å². The molecule has 7 heteroatoms. The number of aromatic nitrogens is 4. The van der Waals surface area contributed by atoms with Crippen molar-refractivity contribution < 1.29 is 4.74 Å². The van der Waals surface area contributed by atoms with E-state index in [0.29, 0.717) is 23.8 Å². The van der Waals surface area contributed by atoms with E-state index in [1.165, 1.54) is 19.4 Å². The SMILES string of the molecule is CC(C)c1cc(NC[C@@H]2CC3CC2CN3)n2nc(OC3CC3)nc2n1. The third-order valence-electron chi connectivity index (χ3n) is 5.76. The van der Waals surface area contributed by atoms with Crippen LogP contribution in [0.2, 0.25) is 0 Å². The molecule has 0 spiro atoms. The van der Waals surface area contributed by atoms with Crippen LogP contribution in [0.4, 0.5) is 5.82 Å². The van der Waals surface area contributed by atoms with Crippen LogP contribution in [0.1, 0.15) is 51.1 Å².